The Hall–Kier alpha value is -2.74. The molecule has 0 spiro atoms. The Labute approximate surface area is 110 Å². The smallest absolute Gasteiger partial charge is 0.258 e. The van der Waals surface area contributed by atoms with Crippen molar-refractivity contribution >= 4 is 5.69 Å². The van der Waals surface area contributed by atoms with Gasteiger partial charge >= 0.3 is 0 Å². The van der Waals surface area contributed by atoms with E-state index >= 15 is 0 Å². The summed E-state index contributed by atoms with van der Waals surface area (Å²) in [5.74, 6) is 0. The molecule has 2 aromatic rings. The number of nitriles is 1. The Morgan fingerprint density at radius 2 is 2.05 bits per heavy atom. The first-order valence-electron chi connectivity index (χ1n) is 5.79. The van der Waals surface area contributed by atoms with Gasteiger partial charge in [0.1, 0.15) is 6.20 Å². The summed E-state index contributed by atoms with van der Waals surface area (Å²) >= 11 is 0. The average molecular weight is 253 g/mol. The Morgan fingerprint density at radius 1 is 1.37 bits per heavy atom. The lowest BCUT2D eigenvalue weighted by Crippen LogP contribution is -1.96. The van der Waals surface area contributed by atoms with Gasteiger partial charge in [0.15, 0.2) is 0 Å². The van der Waals surface area contributed by atoms with Gasteiger partial charge in [0.2, 0.25) is 0 Å². The maximum Gasteiger partial charge on any atom is 0.287 e. The van der Waals surface area contributed by atoms with Gasteiger partial charge in [-0.15, -0.1) is 0 Å². The lowest BCUT2D eigenvalue weighted by molar-refractivity contribution is -0.385. The zero-order chi connectivity index (χ0) is 13.8. The molecule has 0 aliphatic rings. The summed E-state index contributed by atoms with van der Waals surface area (Å²) in [6, 6.07) is 10.6. The van der Waals surface area contributed by atoms with Gasteiger partial charge < -0.3 is 0 Å². The van der Waals surface area contributed by atoms with Crippen molar-refractivity contribution < 1.29 is 4.92 Å². The third-order valence-electron chi connectivity index (χ3n) is 2.83. The van der Waals surface area contributed by atoms with E-state index in [2.05, 4.69) is 4.98 Å². The van der Waals surface area contributed by atoms with Crippen molar-refractivity contribution in [3.8, 4) is 17.3 Å². The molecule has 2 rings (SSSR count). The molecule has 0 atom stereocenters. The fourth-order valence-electron chi connectivity index (χ4n) is 1.83. The monoisotopic (exact) mass is 253 g/mol. The summed E-state index contributed by atoms with van der Waals surface area (Å²) in [4.78, 5) is 14.5. The number of benzene rings is 1. The number of nitro groups is 1. The van der Waals surface area contributed by atoms with E-state index in [1.54, 1.807) is 30.3 Å². The van der Waals surface area contributed by atoms with Crippen molar-refractivity contribution in [2.75, 3.05) is 0 Å². The second kappa shape index (κ2) is 5.27. The molecule has 1 aromatic heterocycles. The number of hydrogen-bond donors (Lipinski definition) is 0. The molecule has 1 aromatic carbocycles. The van der Waals surface area contributed by atoms with E-state index in [1.165, 1.54) is 6.20 Å². The van der Waals surface area contributed by atoms with Crippen LogP contribution in [0.3, 0.4) is 0 Å². The highest BCUT2D eigenvalue weighted by atomic mass is 16.6. The summed E-state index contributed by atoms with van der Waals surface area (Å²) in [5, 5.41) is 19.5. The molecule has 0 saturated heterocycles. The van der Waals surface area contributed by atoms with E-state index in [1.807, 2.05) is 13.0 Å². The van der Waals surface area contributed by atoms with Gasteiger partial charge in [0, 0.05) is 11.6 Å². The highest BCUT2D eigenvalue weighted by molar-refractivity contribution is 5.65. The van der Waals surface area contributed by atoms with E-state index in [-0.39, 0.29) is 5.69 Å². The third-order valence-corrected chi connectivity index (χ3v) is 2.83. The van der Waals surface area contributed by atoms with E-state index < -0.39 is 4.92 Å². The quantitative estimate of drug-likeness (QED) is 0.621. The predicted octanol–water partition coefficient (Wildman–Crippen LogP) is 3.09. The molecule has 0 aliphatic carbocycles. The van der Waals surface area contributed by atoms with Crippen LogP contribution < -0.4 is 0 Å². The molecule has 94 valence electrons. The van der Waals surface area contributed by atoms with Crippen LogP contribution in [0.15, 0.2) is 36.5 Å². The Morgan fingerprint density at radius 3 is 2.58 bits per heavy atom. The number of aromatic nitrogens is 1. The van der Waals surface area contributed by atoms with Crippen molar-refractivity contribution in [2.45, 2.75) is 13.3 Å². The number of pyridine rings is 1. The van der Waals surface area contributed by atoms with Gasteiger partial charge in [-0.3, -0.25) is 10.1 Å². The summed E-state index contributed by atoms with van der Waals surface area (Å²) in [6.07, 6.45) is 1.91. The van der Waals surface area contributed by atoms with Crippen molar-refractivity contribution in [2.24, 2.45) is 0 Å². The Kier molecular flexibility index (Phi) is 3.53. The van der Waals surface area contributed by atoms with Gasteiger partial charge in [-0.2, -0.15) is 5.26 Å². The number of aryl methyl sites for hydroxylation is 1. The van der Waals surface area contributed by atoms with Crippen molar-refractivity contribution in [3.05, 3.63) is 57.8 Å². The Balaban J connectivity index is 2.49. The molecule has 1 heterocycles. The van der Waals surface area contributed by atoms with Crippen LogP contribution in [0.5, 0.6) is 0 Å². The largest absolute Gasteiger partial charge is 0.287 e. The van der Waals surface area contributed by atoms with Crippen molar-refractivity contribution in [1.29, 1.82) is 5.26 Å². The average Bonchev–Trinajstić information content (AvgIpc) is 2.46. The molecule has 0 fully saturated rings. The van der Waals surface area contributed by atoms with Crippen molar-refractivity contribution in [1.82, 2.24) is 4.98 Å². The van der Waals surface area contributed by atoms with Crippen LogP contribution in [0.25, 0.3) is 11.3 Å². The molecule has 5 heteroatoms. The van der Waals surface area contributed by atoms with Gasteiger partial charge in [0.05, 0.1) is 22.2 Å². The van der Waals surface area contributed by atoms with Gasteiger partial charge in [-0.05, 0) is 24.1 Å². The van der Waals surface area contributed by atoms with Crippen LogP contribution in [0.1, 0.15) is 18.1 Å². The summed E-state index contributed by atoms with van der Waals surface area (Å²) in [6.45, 7) is 1.92. The molecular formula is C14H11N3O2. The minimum Gasteiger partial charge on any atom is -0.258 e. The number of nitrogens with zero attached hydrogens (tertiary/aromatic N) is 3. The fraction of sp³-hybridized carbons (Fsp3) is 0.143. The van der Waals surface area contributed by atoms with Gasteiger partial charge in [-0.25, -0.2) is 4.98 Å². The SMILES string of the molecule is CCc1cc([N+](=O)[O-])cnc1-c1ccc(C#N)cc1. The predicted molar refractivity (Wildman–Crippen MR) is 70.4 cm³/mol. The lowest BCUT2D eigenvalue weighted by atomic mass is 10.0. The van der Waals surface area contributed by atoms with E-state index in [0.29, 0.717) is 12.0 Å². The molecule has 0 amide bonds. The molecule has 0 aliphatic heterocycles. The maximum atomic E-state index is 10.7. The molecule has 0 saturated carbocycles. The highest BCUT2D eigenvalue weighted by Crippen LogP contribution is 2.25. The van der Waals surface area contributed by atoms with Crippen molar-refractivity contribution in [3.63, 3.8) is 0 Å². The number of hydrogen-bond acceptors (Lipinski definition) is 4. The molecular weight excluding hydrogens is 242 g/mol. The molecule has 5 nitrogen and oxygen atoms in total. The lowest BCUT2D eigenvalue weighted by Gasteiger charge is -2.06. The zero-order valence-electron chi connectivity index (χ0n) is 10.3. The molecule has 0 unspecified atom stereocenters. The second-order valence-corrected chi connectivity index (χ2v) is 4.00. The molecule has 0 N–H and O–H groups in total. The standard InChI is InChI=1S/C14H11N3O2/c1-2-11-7-13(17(18)19)9-16-14(11)12-5-3-10(8-15)4-6-12/h3-7,9H,2H2,1H3. The van der Waals surface area contributed by atoms with Gasteiger partial charge in [-0.1, -0.05) is 19.1 Å². The highest BCUT2D eigenvalue weighted by Gasteiger charge is 2.12. The number of rotatable bonds is 3. The molecule has 0 bridgehead atoms. The minimum atomic E-state index is -0.450. The summed E-state index contributed by atoms with van der Waals surface area (Å²) in [5.41, 5.74) is 2.96. The summed E-state index contributed by atoms with van der Waals surface area (Å²) in [7, 11) is 0. The Bertz CT molecular complexity index is 657. The second-order valence-electron chi connectivity index (χ2n) is 4.00. The van der Waals surface area contributed by atoms with Crippen LogP contribution in [0, 0.1) is 21.4 Å². The zero-order valence-corrected chi connectivity index (χ0v) is 10.3. The molecule has 19 heavy (non-hydrogen) atoms. The van der Waals surface area contributed by atoms with Crippen LogP contribution in [0.4, 0.5) is 5.69 Å². The van der Waals surface area contributed by atoms with Gasteiger partial charge in [0.25, 0.3) is 5.69 Å². The first-order chi connectivity index (χ1) is 9.15. The topological polar surface area (TPSA) is 79.8 Å². The van der Waals surface area contributed by atoms with Crippen LogP contribution in [0.2, 0.25) is 0 Å². The van der Waals surface area contributed by atoms with E-state index in [4.69, 9.17) is 5.26 Å². The summed E-state index contributed by atoms with van der Waals surface area (Å²) < 4.78 is 0. The fourth-order valence-corrected chi connectivity index (χ4v) is 1.83. The third kappa shape index (κ3) is 2.58. The minimum absolute atomic E-state index is 0.00533. The van der Waals surface area contributed by atoms with Crippen LogP contribution in [-0.2, 0) is 6.42 Å². The van der Waals surface area contributed by atoms with Crippen LogP contribution in [-0.4, -0.2) is 9.91 Å². The first kappa shape index (κ1) is 12.7. The first-order valence-corrected chi connectivity index (χ1v) is 5.79. The normalized spacial score (nSPS) is 9.89. The molecule has 0 radical (unpaired) electrons. The maximum absolute atomic E-state index is 10.7. The van der Waals surface area contributed by atoms with Crippen LogP contribution >= 0.6 is 0 Å². The van der Waals surface area contributed by atoms with E-state index in [9.17, 15) is 10.1 Å². The van der Waals surface area contributed by atoms with E-state index in [0.717, 1.165) is 16.8 Å².